The second-order valence-corrected chi connectivity index (χ2v) is 4.85. The molecular formula is C15H12BrNO. The average Bonchev–Trinajstić information content (AvgIpc) is 2.39. The second-order valence-electron chi connectivity index (χ2n) is 3.99. The Labute approximate surface area is 115 Å². The van der Waals surface area contributed by atoms with Gasteiger partial charge in [-0.05, 0) is 30.7 Å². The molecule has 3 heteroatoms. The van der Waals surface area contributed by atoms with Crippen LogP contribution >= 0.6 is 15.9 Å². The van der Waals surface area contributed by atoms with Crippen LogP contribution in [0.1, 0.15) is 16.7 Å². The molecule has 2 aromatic carbocycles. The predicted molar refractivity (Wildman–Crippen MR) is 74.4 cm³/mol. The van der Waals surface area contributed by atoms with Crippen molar-refractivity contribution in [2.24, 2.45) is 0 Å². The van der Waals surface area contributed by atoms with Crippen molar-refractivity contribution in [3.63, 3.8) is 0 Å². The topological polar surface area (TPSA) is 33.0 Å². The van der Waals surface area contributed by atoms with Crippen molar-refractivity contribution in [1.29, 1.82) is 5.26 Å². The van der Waals surface area contributed by atoms with Crippen LogP contribution in [0.4, 0.5) is 0 Å². The zero-order valence-electron chi connectivity index (χ0n) is 9.98. The molecule has 0 aliphatic rings. The van der Waals surface area contributed by atoms with E-state index in [1.807, 2.05) is 49.4 Å². The smallest absolute Gasteiger partial charge is 0.137 e. The molecule has 0 radical (unpaired) electrons. The molecule has 0 aliphatic heterocycles. The average molecular weight is 302 g/mol. The second kappa shape index (κ2) is 5.70. The fraction of sp³-hybridized carbons (Fsp3) is 0.133. The molecule has 2 nitrogen and oxygen atoms in total. The zero-order valence-corrected chi connectivity index (χ0v) is 11.6. The summed E-state index contributed by atoms with van der Waals surface area (Å²) < 4.78 is 6.71. The van der Waals surface area contributed by atoms with Crippen molar-refractivity contribution in [3.8, 4) is 11.8 Å². The summed E-state index contributed by atoms with van der Waals surface area (Å²) in [6, 6.07) is 15.6. The van der Waals surface area contributed by atoms with Crippen LogP contribution < -0.4 is 4.74 Å². The first-order valence-electron chi connectivity index (χ1n) is 5.57. The number of aryl methyl sites for hydroxylation is 1. The molecule has 0 aliphatic carbocycles. The van der Waals surface area contributed by atoms with Gasteiger partial charge in [-0.3, -0.25) is 0 Å². The number of nitrogens with zero attached hydrogens (tertiary/aromatic N) is 1. The molecule has 0 N–H and O–H groups in total. The Morgan fingerprint density at radius 3 is 2.72 bits per heavy atom. The van der Waals surface area contributed by atoms with Gasteiger partial charge in [0.15, 0.2) is 0 Å². The van der Waals surface area contributed by atoms with E-state index in [2.05, 4.69) is 22.0 Å². The van der Waals surface area contributed by atoms with Crippen LogP contribution in [-0.4, -0.2) is 0 Å². The van der Waals surface area contributed by atoms with E-state index >= 15 is 0 Å². The third-order valence-corrected chi connectivity index (χ3v) is 3.37. The van der Waals surface area contributed by atoms with E-state index in [-0.39, 0.29) is 0 Å². The maximum atomic E-state index is 9.06. The fourth-order valence-electron chi connectivity index (χ4n) is 1.63. The van der Waals surface area contributed by atoms with Crippen LogP contribution in [0.5, 0.6) is 5.75 Å². The molecule has 0 atom stereocenters. The van der Waals surface area contributed by atoms with E-state index in [0.717, 1.165) is 15.6 Å². The minimum absolute atomic E-state index is 0.444. The Balaban J connectivity index is 2.16. The standard InChI is InChI=1S/C15H12BrNO/c1-11-6-7-15(13(8-11)9-17)18-10-12-4-2-3-5-14(12)16/h2-8H,10H2,1H3. The monoisotopic (exact) mass is 301 g/mol. The molecule has 2 rings (SSSR count). The molecular weight excluding hydrogens is 290 g/mol. The van der Waals surface area contributed by atoms with Gasteiger partial charge in [-0.1, -0.05) is 40.2 Å². The minimum atomic E-state index is 0.444. The molecule has 0 bridgehead atoms. The normalized spacial score (nSPS) is 9.83. The summed E-state index contributed by atoms with van der Waals surface area (Å²) in [5, 5.41) is 9.06. The number of rotatable bonds is 3. The lowest BCUT2D eigenvalue weighted by Crippen LogP contribution is -1.98. The first-order chi connectivity index (χ1) is 8.70. The Morgan fingerprint density at radius 2 is 2.00 bits per heavy atom. The van der Waals surface area contributed by atoms with E-state index in [0.29, 0.717) is 17.9 Å². The summed E-state index contributed by atoms with van der Waals surface area (Å²) in [4.78, 5) is 0. The number of benzene rings is 2. The highest BCUT2D eigenvalue weighted by Gasteiger charge is 2.05. The van der Waals surface area contributed by atoms with Crippen LogP contribution in [0.25, 0.3) is 0 Å². The first-order valence-corrected chi connectivity index (χ1v) is 6.37. The summed E-state index contributed by atoms with van der Waals surface area (Å²) in [6.07, 6.45) is 0. The molecule has 18 heavy (non-hydrogen) atoms. The summed E-state index contributed by atoms with van der Waals surface area (Å²) >= 11 is 3.47. The number of ether oxygens (including phenoxy) is 1. The fourth-order valence-corrected chi connectivity index (χ4v) is 2.03. The van der Waals surface area contributed by atoms with E-state index in [4.69, 9.17) is 10.00 Å². The lowest BCUT2D eigenvalue weighted by atomic mass is 10.1. The van der Waals surface area contributed by atoms with E-state index in [1.165, 1.54) is 0 Å². The molecule has 0 amide bonds. The largest absolute Gasteiger partial charge is 0.487 e. The number of nitriles is 1. The van der Waals surface area contributed by atoms with Gasteiger partial charge in [0, 0.05) is 10.0 Å². The van der Waals surface area contributed by atoms with Crippen LogP contribution in [0.2, 0.25) is 0 Å². The van der Waals surface area contributed by atoms with Crippen molar-refractivity contribution >= 4 is 15.9 Å². The first kappa shape index (κ1) is 12.7. The molecule has 0 fully saturated rings. The van der Waals surface area contributed by atoms with Gasteiger partial charge in [0.2, 0.25) is 0 Å². The van der Waals surface area contributed by atoms with Crippen LogP contribution in [0.3, 0.4) is 0 Å². The molecule has 2 aromatic rings. The highest BCUT2D eigenvalue weighted by molar-refractivity contribution is 9.10. The lowest BCUT2D eigenvalue weighted by Gasteiger charge is -2.09. The van der Waals surface area contributed by atoms with E-state index in [9.17, 15) is 0 Å². The van der Waals surface area contributed by atoms with Crippen molar-refractivity contribution < 1.29 is 4.74 Å². The molecule has 0 saturated carbocycles. The summed E-state index contributed by atoms with van der Waals surface area (Å²) in [7, 11) is 0. The van der Waals surface area contributed by atoms with E-state index in [1.54, 1.807) is 0 Å². The van der Waals surface area contributed by atoms with Gasteiger partial charge in [0.1, 0.15) is 18.4 Å². The SMILES string of the molecule is Cc1ccc(OCc2ccccc2Br)c(C#N)c1. The third-order valence-electron chi connectivity index (χ3n) is 2.60. The maximum absolute atomic E-state index is 9.06. The molecule has 0 saturated heterocycles. The van der Waals surface area contributed by atoms with Gasteiger partial charge in [-0.25, -0.2) is 0 Å². The van der Waals surface area contributed by atoms with Gasteiger partial charge in [-0.15, -0.1) is 0 Å². The Kier molecular flexibility index (Phi) is 4.01. The quantitative estimate of drug-likeness (QED) is 0.851. The van der Waals surface area contributed by atoms with Crippen LogP contribution in [-0.2, 0) is 6.61 Å². The van der Waals surface area contributed by atoms with E-state index < -0.39 is 0 Å². The van der Waals surface area contributed by atoms with Gasteiger partial charge < -0.3 is 4.74 Å². The summed E-state index contributed by atoms with van der Waals surface area (Å²) in [6.45, 7) is 2.40. The predicted octanol–water partition coefficient (Wildman–Crippen LogP) is 4.21. The molecule has 0 aromatic heterocycles. The molecule has 90 valence electrons. The van der Waals surface area contributed by atoms with Gasteiger partial charge in [0.25, 0.3) is 0 Å². The van der Waals surface area contributed by atoms with Gasteiger partial charge in [-0.2, -0.15) is 5.26 Å². The summed E-state index contributed by atoms with van der Waals surface area (Å²) in [5.74, 6) is 0.624. The van der Waals surface area contributed by atoms with Gasteiger partial charge in [0.05, 0.1) is 5.56 Å². The summed E-state index contributed by atoms with van der Waals surface area (Å²) in [5.41, 5.74) is 2.68. The Hall–Kier alpha value is -1.79. The van der Waals surface area contributed by atoms with Crippen molar-refractivity contribution in [3.05, 3.63) is 63.6 Å². The Bertz CT molecular complexity index is 602. The van der Waals surface area contributed by atoms with Crippen LogP contribution in [0, 0.1) is 18.3 Å². The zero-order chi connectivity index (χ0) is 13.0. The third kappa shape index (κ3) is 2.91. The number of hydrogen-bond donors (Lipinski definition) is 0. The lowest BCUT2D eigenvalue weighted by molar-refractivity contribution is 0.304. The van der Waals surface area contributed by atoms with Crippen molar-refractivity contribution in [2.45, 2.75) is 13.5 Å². The molecule has 0 spiro atoms. The highest BCUT2D eigenvalue weighted by Crippen LogP contribution is 2.22. The highest BCUT2D eigenvalue weighted by atomic mass is 79.9. The Morgan fingerprint density at radius 1 is 1.22 bits per heavy atom. The number of halogens is 1. The number of hydrogen-bond acceptors (Lipinski definition) is 2. The van der Waals surface area contributed by atoms with Crippen molar-refractivity contribution in [1.82, 2.24) is 0 Å². The molecule has 0 heterocycles. The maximum Gasteiger partial charge on any atom is 0.137 e. The van der Waals surface area contributed by atoms with Gasteiger partial charge >= 0.3 is 0 Å². The van der Waals surface area contributed by atoms with Crippen molar-refractivity contribution in [2.75, 3.05) is 0 Å². The molecule has 0 unspecified atom stereocenters. The minimum Gasteiger partial charge on any atom is -0.487 e. The van der Waals surface area contributed by atoms with Crippen LogP contribution in [0.15, 0.2) is 46.9 Å².